The number of nitrogens with zero attached hydrogens (tertiary/aromatic N) is 1. The van der Waals surface area contributed by atoms with Crippen molar-refractivity contribution in [1.29, 1.82) is 0 Å². The van der Waals surface area contributed by atoms with Crippen LogP contribution in [0.4, 0.5) is 0 Å². The van der Waals surface area contributed by atoms with Crippen LogP contribution >= 0.6 is 11.3 Å². The molecule has 2 heterocycles. The molecule has 23 heavy (non-hydrogen) atoms. The Morgan fingerprint density at radius 1 is 1.30 bits per heavy atom. The van der Waals surface area contributed by atoms with Crippen molar-refractivity contribution in [2.24, 2.45) is 5.92 Å². The van der Waals surface area contributed by atoms with Crippen molar-refractivity contribution in [3.8, 4) is 0 Å². The summed E-state index contributed by atoms with van der Waals surface area (Å²) in [4.78, 5) is 25.9. The molecular formula is C15H19NO5S2. The summed E-state index contributed by atoms with van der Waals surface area (Å²) in [5.41, 5.74) is 0.271. The highest BCUT2D eigenvalue weighted by molar-refractivity contribution is 7.92. The van der Waals surface area contributed by atoms with E-state index in [1.807, 2.05) is 0 Å². The summed E-state index contributed by atoms with van der Waals surface area (Å²) in [6.45, 7) is 0. The molecule has 1 saturated carbocycles. The quantitative estimate of drug-likeness (QED) is 0.893. The van der Waals surface area contributed by atoms with Gasteiger partial charge in [-0.1, -0.05) is 12.8 Å². The number of carboxylic acid groups (broad SMARTS) is 1. The lowest BCUT2D eigenvalue weighted by molar-refractivity contribution is -0.141. The van der Waals surface area contributed by atoms with Crippen LogP contribution in [0.3, 0.4) is 0 Å². The normalized spacial score (nSPS) is 27.7. The number of rotatable bonds is 3. The van der Waals surface area contributed by atoms with Crippen LogP contribution in [0.25, 0.3) is 0 Å². The van der Waals surface area contributed by atoms with Crippen LogP contribution in [0.1, 0.15) is 42.5 Å². The number of carbonyl (C=O) groups excluding carboxylic acids is 1. The van der Waals surface area contributed by atoms with Crippen molar-refractivity contribution < 1.29 is 23.1 Å². The van der Waals surface area contributed by atoms with E-state index in [2.05, 4.69) is 0 Å². The van der Waals surface area contributed by atoms with Gasteiger partial charge in [0.2, 0.25) is 0 Å². The van der Waals surface area contributed by atoms with Gasteiger partial charge in [0.15, 0.2) is 9.84 Å². The number of carboxylic acids is 1. The van der Waals surface area contributed by atoms with Crippen LogP contribution in [0.15, 0.2) is 15.7 Å². The Labute approximate surface area is 139 Å². The van der Waals surface area contributed by atoms with Crippen molar-refractivity contribution in [3.05, 3.63) is 17.0 Å². The zero-order chi connectivity index (χ0) is 16.8. The zero-order valence-corrected chi connectivity index (χ0v) is 14.4. The van der Waals surface area contributed by atoms with Gasteiger partial charge in [0.1, 0.15) is 10.3 Å². The van der Waals surface area contributed by atoms with Gasteiger partial charge in [-0.2, -0.15) is 0 Å². The Balaban J connectivity index is 1.92. The molecule has 1 aromatic rings. The van der Waals surface area contributed by atoms with Crippen LogP contribution < -0.4 is 0 Å². The van der Waals surface area contributed by atoms with Crippen molar-refractivity contribution >= 4 is 33.1 Å². The maximum Gasteiger partial charge on any atom is 0.326 e. The van der Waals surface area contributed by atoms with E-state index in [-0.39, 0.29) is 27.6 Å². The van der Waals surface area contributed by atoms with Gasteiger partial charge in [-0.3, -0.25) is 4.79 Å². The number of carbonyl (C=O) groups is 2. The number of sulfone groups is 1. The highest BCUT2D eigenvalue weighted by Crippen LogP contribution is 2.40. The molecule has 2 aliphatic rings. The van der Waals surface area contributed by atoms with Gasteiger partial charge < -0.3 is 10.0 Å². The van der Waals surface area contributed by atoms with Crippen LogP contribution in [-0.2, 0) is 14.6 Å². The molecule has 0 radical (unpaired) electrons. The SMILES string of the molecule is CS(=O)(=O)c1cc(C(=O)N2C(C(=O)O)CC3CCCCC32)cs1. The van der Waals surface area contributed by atoms with Gasteiger partial charge in [-0.15, -0.1) is 11.3 Å². The number of hydrogen-bond donors (Lipinski definition) is 1. The lowest BCUT2D eigenvalue weighted by Crippen LogP contribution is -2.46. The predicted octanol–water partition coefficient (Wildman–Crippen LogP) is 2.01. The highest BCUT2D eigenvalue weighted by Gasteiger charge is 2.47. The Morgan fingerprint density at radius 2 is 2.00 bits per heavy atom. The van der Waals surface area contributed by atoms with E-state index in [1.54, 1.807) is 0 Å². The summed E-state index contributed by atoms with van der Waals surface area (Å²) >= 11 is 1.000. The number of thiophene rings is 1. The van der Waals surface area contributed by atoms with Gasteiger partial charge >= 0.3 is 5.97 Å². The molecule has 0 aromatic carbocycles. The fourth-order valence-electron chi connectivity index (χ4n) is 3.74. The molecule has 1 aliphatic heterocycles. The molecule has 2 fully saturated rings. The molecule has 1 aliphatic carbocycles. The summed E-state index contributed by atoms with van der Waals surface area (Å²) in [5.74, 6) is -1.11. The third-order valence-electron chi connectivity index (χ3n) is 4.80. The third kappa shape index (κ3) is 3.01. The first-order valence-electron chi connectivity index (χ1n) is 7.63. The fraction of sp³-hybridized carbons (Fsp3) is 0.600. The molecule has 0 bridgehead atoms. The first-order valence-corrected chi connectivity index (χ1v) is 10.4. The van der Waals surface area contributed by atoms with Gasteiger partial charge in [-0.05, 0) is 31.2 Å². The van der Waals surface area contributed by atoms with E-state index >= 15 is 0 Å². The molecule has 0 spiro atoms. The average molecular weight is 357 g/mol. The van der Waals surface area contributed by atoms with Crippen LogP contribution in [0, 0.1) is 5.92 Å². The molecule has 126 valence electrons. The Kier molecular flexibility index (Phi) is 4.22. The standard InChI is InChI=1S/C15H19NO5S2/c1-23(20,21)13-7-10(8-22-13)14(17)16-11-5-3-2-4-9(11)6-12(16)15(18)19/h7-9,11-12H,2-6H2,1H3,(H,18,19). The maximum atomic E-state index is 12.8. The van der Waals surface area contributed by atoms with Crippen LogP contribution in [0.5, 0.6) is 0 Å². The molecule has 3 rings (SSSR count). The second-order valence-corrected chi connectivity index (χ2v) is 9.49. The van der Waals surface area contributed by atoms with Crippen LogP contribution in [-0.4, -0.2) is 48.6 Å². The van der Waals surface area contributed by atoms with Crippen molar-refractivity contribution in [2.45, 2.75) is 48.4 Å². The summed E-state index contributed by atoms with van der Waals surface area (Å²) in [6.07, 6.45) is 5.44. The Morgan fingerprint density at radius 3 is 2.61 bits per heavy atom. The maximum absolute atomic E-state index is 12.8. The fourth-order valence-corrected chi connectivity index (χ4v) is 5.54. The van der Waals surface area contributed by atoms with Crippen molar-refractivity contribution in [3.63, 3.8) is 0 Å². The second kappa shape index (κ2) is 5.90. The van der Waals surface area contributed by atoms with E-state index in [0.717, 1.165) is 43.3 Å². The molecule has 8 heteroatoms. The predicted molar refractivity (Wildman–Crippen MR) is 85.4 cm³/mol. The molecule has 1 aromatic heterocycles. The number of hydrogen-bond acceptors (Lipinski definition) is 5. The van der Waals surface area contributed by atoms with Gasteiger partial charge in [0, 0.05) is 17.7 Å². The summed E-state index contributed by atoms with van der Waals surface area (Å²) in [5, 5.41) is 11.0. The Bertz CT molecular complexity index is 739. The van der Waals surface area contributed by atoms with Gasteiger partial charge in [0.25, 0.3) is 5.91 Å². The van der Waals surface area contributed by atoms with Gasteiger partial charge in [0.05, 0.1) is 5.56 Å². The largest absolute Gasteiger partial charge is 0.480 e. The molecule has 1 saturated heterocycles. The van der Waals surface area contributed by atoms with Crippen molar-refractivity contribution in [2.75, 3.05) is 6.26 Å². The first-order chi connectivity index (χ1) is 10.8. The number of aliphatic carboxylic acids is 1. The molecule has 3 atom stereocenters. The Hall–Kier alpha value is -1.41. The minimum atomic E-state index is -3.36. The summed E-state index contributed by atoms with van der Waals surface area (Å²) < 4.78 is 23.3. The number of likely N-dealkylation sites (tertiary alicyclic amines) is 1. The third-order valence-corrected chi connectivity index (χ3v) is 7.56. The first kappa shape index (κ1) is 16.4. The number of amides is 1. The van der Waals surface area contributed by atoms with E-state index in [4.69, 9.17) is 0 Å². The number of fused-ring (bicyclic) bond motifs is 1. The zero-order valence-electron chi connectivity index (χ0n) is 12.8. The minimum Gasteiger partial charge on any atom is -0.480 e. The lowest BCUT2D eigenvalue weighted by Gasteiger charge is -2.32. The lowest BCUT2D eigenvalue weighted by atomic mass is 9.84. The minimum absolute atomic E-state index is 0.0427. The molecular weight excluding hydrogens is 338 g/mol. The highest BCUT2D eigenvalue weighted by atomic mass is 32.2. The molecule has 1 amide bonds. The van der Waals surface area contributed by atoms with E-state index in [1.165, 1.54) is 16.3 Å². The van der Waals surface area contributed by atoms with E-state index in [0.29, 0.717) is 6.42 Å². The summed E-state index contributed by atoms with van der Waals surface area (Å²) in [6, 6.07) is 0.508. The molecule has 3 unspecified atom stereocenters. The van der Waals surface area contributed by atoms with Crippen LogP contribution in [0.2, 0.25) is 0 Å². The topological polar surface area (TPSA) is 91.8 Å². The van der Waals surface area contributed by atoms with E-state index in [9.17, 15) is 23.1 Å². The van der Waals surface area contributed by atoms with Crippen molar-refractivity contribution in [1.82, 2.24) is 4.90 Å². The smallest absolute Gasteiger partial charge is 0.326 e. The second-order valence-electron chi connectivity index (χ2n) is 6.34. The molecule has 6 nitrogen and oxygen atoms in total. The average Bonchev–Trinajstić information content (AvgIpc) is 3.11. The summed E-state index contributed by atoms with van der Waals surface area (Å²) in [7, 11) is -3.36. The molecule has 1 N–H and O–H groups in total. The van der Waals surface area contributed by atoms with E-state index < -0.39 is 21.8 Å². The van der Waals surface area contributed by atoms with Gasteiger partial charge in [-0.25, -0.2) is 13.2 Å². The monoisotopic (exact) mass is 357 g/mol.